The Kier molecular flexibility index (Phi) is 7.88. The molecule has 0 aromatic heterocycles. The standard InChI is InChI=1S/C25H33N3O5S/c1-19-9-10-20(34(30,31)28-13-15-33-16-14-28)17-22(19)25(29)26-18-23(27-11-5-6-12-27)21-7-3-4-8-24(21)32-2/h3-4,7-10,17,23H,5-6,11-16,18H2,1-2H3,(H,26,29)/t23-/m1/s1. The van der Waals surface area contributed by atoms with Gasteiger partial charge in [-0.3, -0.25) is 9.69 Å². The van der Waals surface area contributed by atoms with Gasteiger partial charge in [-0.1, -0.05) is 24.3 Å². The third-order valence-corrected chi connectivity index (χ3v) is 8.49. The molecule has 4 rings (SSSR count). The van der Waals surface area contributed by atoms with Gasteiger partial charge in [-0.2, -0.15) is 4.31 Å². The number of methoxy groups -OCH3 is 1. The van der Waals surface area contributed by atoms with Gasteiger partial charge >= 0.3 is 0 Å². The maximum atomic E-state index is 13.2. The van der Waals surface area contributed by atoms with Crippen molar-refractivity contribution in [1.29, 1.82) is 0 Å². The number of nitrogens with one attached hydrogen (secondary N) is 1. The zero-order valence-electron chi connectivity index (χ0n) is 19.8. The van der Waals surface area contributed by atoms with Gasteiger partial charge in [-0.25, -0.2) is 8.42 Å². The molecule has 1 atom stereocenters. The first-order valence-corrected chi connectivity index (χ1v) is 13.2. The molecule has 2 aliphatic rings. The number of sulfonamides is 1. The number of morpholine rings is 1. The van der Waals surface area contributed by atoms with E-state index in [9.17, 15) is 13.2 Å². The molecule has 2 aromatic carbocycles. The van der Waals surface area contributed by atoms with Crippen molar-refractivity contribution in [3.05, 3.63) is 59.2 Å². The van der Waals surface area contributed by atoms with Gasteiger partial charge in [0.1, 0.15) is 5.75 Å². The number of benzene rings is 2. The number of nitrogens with zero attached hydrogens (tertiary/aromatic N) is 2. The van der Waals surface area contributed by atoms with Gasteiger partial charge < -0.3 is 14.8 Å². The molecule has 1 amide bonds. The summed E-state index contributed by atoms with van der Waals surface area (Å²) in [5.74, 6) is 0.513. The summed E-state index contributed by atoms with van der Waals surface area (Å²) in [6.45, 7) is 5.52. The Hall–Kier alpha value is -2.46. The van der Waals surface area contributed by atoms with Crippen molar-refractivity contribution in [2.75, 3.05) is 53.0 Å². The topological polar surface area (TPSA) is 88.2 Å². The maximum absolute atomic E-state index is 13.2. The molecule has 1 N–H and O–H groups in total. The number of carbonyl (C=O) groups is 1. The van der Waals surface area contributed by atoms with Crippen LogP contribution >= 0.6 is 0 Å². The molecule has 0 radical (unpaired) electrons. The van der Waals surface area contributed by atoms with Crippen molar-refractivity contribution in [2.24, 2.45) is 0 Å². The first kappa shape index (κ1) is 24.7. The van der Waals surface area contributed by atoms with E-state index in [4.69, 9.17) is 9.47 Å². The highest BCUT2D eigenvalue weighted by Gasteiger charge is 2.29. The first-order chi connectivity index (χ1) is 16.4. The van der Waals surface area contributed by atoms with Gasteiger partial charge in [-0.15, -0.1) is 0 Å². The molecule has 9 heteroatoms. The minimum Gasteiger partial charge on any atom is -0.496 e. The average Bonchev–Trinajstić information content (AvgIpc) is 3.39. The van der Waals surface area contributed by atoms with Crippen LogP contribution in [0.15, 0.2) is 47.4 Å². The predicted octanol–water partition coefficient (Wildman–Crippen LogP) is 2.59. The van der Waals surface area contributed by atoms with Crippen LogP contribution in [0.1, 0.15) is 40.4 Å². The summed E-state index contributed by atoms with van der Waals surface area (Å²) in [4.78, 5) is 15.7. The second-order valence-corrected chi connectivity index (χ2v) is 10.6. The molecule has 184 valence electrons. The summed E-state index contributed by atoms with van der Waals surface area (Å²) in [5, 5.41) is 3.06. The number of hydrogen-bond donors (Lipinski definition) is 1. The number of ether oxygens (including phenoxy) is 2. The van der Waals surface area contributed by atoms with Crippen LogP contribution in [0.4, 0.5) is 0 Å². The van der Waals surface area contributed by atoms with Gasteiger partial charge in [0, 0.05) is 30.8 Å². The summed E-state index contributed by atoms with van der Waals surface area (Å²) >= 11 is 0. The molecular formula is C25H33N3O5S. The second kappa shape index (κ2) is 10.9. The number of amides is 1. The Morgan fingerprint density at radius 2 is 1.79 bits per heavy atom. The van der Waals surface area contributed by atoms with E-state index in [0.717, 1.165) is 42.8 Å². The van der Waals surface area contributed by atoms with E-state index < -0.39 is 10.0 Å². The van der Waals surface area contributed by atoms with E-state index in [-0.39, 0.29) is 16.8 Å². The molecule has 2 saturated heterocycles. The predicted molar refractivity (Wildman–Crippen MR) is 130 cm³/mol. The Labute approximate surface area is 201 Å². The van der Waals surface area contributed by atoms with Crippen LogP contribution in [0.5, 0.6) is 5.75 Å². The third kappa shape index (κ3) is 5.27. The number of hydrogen-bond acceptors (Lipinski definition) is 6. The molecular weight excluding hydrogens is 454 g/mol. The fraction of sp³-hybridized carbons (Fsp3) is 0.480. The van der Waals surface area contributed by atoms with Crippen molar-refractivity contribution >= 4 is 15.9 Å². The van der Waals surface area contributed by atoms with Crippen LogP contribution in [0.3, 0.4) is 0 Å². The highest BCUT2D eigenvalue weighted by Crippen LogP contribution is 2.31. The van der Waals surface area contributed by atoms with Crippen LogP contribution in [0, 0.1) is 6.92 Å². The lowest BCUT2D eigenvalue weighted by Gasteiger charge is -2.29. The second-order valence-electron chi connectivity index (χ2n) is 8.70. The van der Waals surface area contributed by atoms with E-state index in [1.54, 1.807) is 19.2 Å². The van der Waals surface area contributed by atoms with Crippen molar-refractivity contribution in [2.45, 2.75) is 30.7 Å². The SMILES string of the molecule is COc1ccccc1[C@@H](CNC(=O)c1cc(S(=O)(=O)N2CCOCC2)ccc1C)N1CCCC1. The number of carbonyl (C=O) groups excluding carboxylic acids is 1. The Bertz CT molecular complexity index is 1110. The number of aryl methyl sites for hydroxylation is 1. The van der Waals surface area contributed by atoms with Crippen molar-refractivity contribution in [1.82, 2.24) is 14.5 Å². The summed E-state index contributed by atoms with van der Waals surface area (Å²) in [5.41, 5.74) is 2.13. The lowest BCUT2D eigenvalue weighted by molar-refractivity contribution is 0.0730. The van der Waals surface area contributed by atoms with E-state index in [2.05, 4.69) is 10.2 Å². The van der Waals surface area contributed by atoms with Crippen molar-refractivity contribution in [3.63, 3.8) is 0 Å². The maximum Gasteiger partial charge on any atom is 0.251 e. The van der Waals surface area contributed by atoms with Gasteiger partial charge in [0.15, 0.2) is 0 Å². The quantitative estimate of drug-likeness (QED) is 0.616. The van der Waals surface area contributed by atoms with E-state index in [1.165, 1.54) is 10.4 Å². The van der Waals surface area contributed by atoms with Crippen LogP contribution in [-0.4, -0.2) is 76.6 Å². The summed E-state index contributed by atoms with van der Waals surface area (Å²) in [6.07, 6.45) is 2.25. The molecule has 0 saturated carbocycles. The van der Waals surface area contributed by atoms with Crippen molar-refractivity contribution in [3.8, 4) is 5.75 Å². The van der Waals surface area contributed by atoms with Crippen LogP contribution in [-0.2, 0) is 14.8 Å². The zero-order chi connectivity index (χ0) is 24.1. The van der Waals surface area contributed by atoms with Crippen LogP contribution in [0.25, 0.3) is 0 Å². The van der Waals surface area contributed by atoms with Crippen LogP contribution < -0.4 is 10.1 Å². The summed E-state index contributed by atoms with van der Waals surface area (Å²) < 4.78 is 38.5. The molecule has 0 bridgehead atoms. The van der Waals surface area contributed by atoms with Gasteiger partial charge in [0.2, 0.25) is 10.0 Å². The molecule has 0 unspecified atom stereocenters. The summed E-state index contributed by atoms with van der Waals surface area (Å²) in [7, 11) is -2.03. The molecule has 8 nitrogen and oxygen atoms in total. The fourth-order valence-corrected chi connectivity index (χ4v) is 6.09. The molecule has 2 aromatic rings. The number of rotatable bonds is 8. The van der Waals surface area contributed by atoms with E-state index in [0.29, 0.717) is 38.4 Å². The highest BCUT2D eigenvalue weighted by molar-refractivity contribution is 7.89. The Morgan fingerprint density at radius 3 is 2.50 bits per heavy atom. The third-order valence-electron chi connectivity index (χ3n) is 6.60. The lowest BCUT2D eigenvalue weighted by atomic mass is 10.0. The summed E-state index contributed by atoms with van der Waals surface area (Å²) in [6, 6.07) is 12.6. The minimum atomic E-state index is -3.68. The monoisotopic (exact) mass is 487 g/mol. The first-order valence-electron chi connectivity index (χ1n) is 11.8. The van der Waals surface area contributed by atoms with Gasteiger partial charge in [0.05, 0.1) is 31.3 Å². The van der Waals surface area contributed by atoms with Crippen LogP contribution in [0.2, 0.25) is 0 Å². The molecule has 34 heavy (non-hydrogen) atoms. The Balaban J connectivity index is 1.55. The molecule has 2 heterocycles. The molecule has 0 spiro atoms. The van der Waals surface area contributed by atoms with Gasteiger partial charge in [0.25, 0.3) is 5.91 Å². The molecule has 0 aliphatic carbocycles. The minimum absolute atomic E-state index is 0.0248. The van der Waals surface area contributed by atoms with Crippen molar-refractivity contribution < 1.29 is 22.7 Å². The largest absolute Gasteiger partial charge is 0.496 e. The van der Waals surface area contributed by atoms with E-state index in [1.807, 2.05) is 31.2 Å². The number of likely N-dealkylation sites (tertiary alicyclic amines) is 1. The highest BCUT2D eigenvalue weighted by atomic mass is 32.2. The smallest absolute Gasteiger partial charge is 0.251 e. The Morgan fingerprint density at radius 1 is 1.09 bits per heavy atom. The number of para-hydroxylation sites is 1. The van der Waals surface area contributed by atoms with E-state index >= 15 is 0 Å². The average molecular weight is 488 g/mol. The lowest BCUT2D eigenvalue weighted by Crippen LogP contribution is -2.40. The fourth-order valence-electron chi connectivity index (χ4n) is 4.66. The normalized spacial score (nSPS) is 18.5. The molecule has 2 fully saturated rings. The van der Waals surface area contributed by atoms with Gasteiger partial charge in [-0.05, 0) is 56.6 Å². The zero-order valence-corrected chi connectivity index (χ0v) is 20.6. The molecule has 2 aliphatic heterocycles.